The first-order valence-electron chi connectivity index (χ1n) is 5.74. The first kappa shape index (κ1) is 12.5. The average Bonchev–Trinajstić information content (AvgIpc) is 3.09. The molecule has 2 aromatic heterocycles. The lowest BCUT2D eigenvalue weighted by atomic mass is 10.3. The second-order valence-corrected chi connectivity index (χ2v) is 5.98. The summed E-state index contributed by atoms with van der Waals surface area (Å²) in [5.41, 5.74) is 1.14. The maximum atomic E-state index is 12.3. The van der Waals surface area contributed by atoms with E-state index in [1.807, 2.05) is 6.07 Å². The van der Waals surface area contributed by atoms with Crippen LogP contribution in [0.25, 0.3) is 5.69 Å². The Hall–Kier alpha value is -2.48. The number of hydrogen-bond donors (Lipinski definition) is 0. The fourth-order valence-electron chi connectivity index (χ4n) is 1.76. The molecule has 20 heavy (non-hydrogen) atoms. The van der Waals surface area contributed by atoms with Gasteiger partial charge in [0.05, 0.1) is 24.0 Å². The summed E-state index contributed by atoms with van der Waals surface area (Å²) < 4.78 is 30.8. The molecule has 2 heterocycles. The van der Waals surface area contributed by atoms with Crippen LogP contribution < -0.4 is 0 Å². The van der Waals surface area contributed by atoms with Gasteiger partial charge in [0.2, 0.25) is 9.84 Å². The van der Waals surface area contributed by atoms with E-state index >= 15 is 0 Å². The maximum Gasteiger partial charge on any atom is 0.272 e. The Kier molecular flexibility index (Phi) is 3.07. The van der Waals surface area contributed by atoms with Gasteiger partial charge in [-0.05, 0) is 28.6 Å². The Morgan fingerprint density at radius 2 is 1.95 bits per heavy atom. The van der Waals surface area contributed by atoms with Crippen LogP contribution >= 0.6 is 0 Å². The average molecular weight is 290 g/mol. The summed E-state index contributed by atoms with van der Waals surface area (Å²) in [6, 6.07) is 10.4. The van der Waals surface area contributed by atoms with Crippen molar-refractivity contribution in [3.05, 3.63) is 54.5 Å². The molecule has 3 aromatic rings. The molecular weight excluding hydrogens is 280 g/mol. The van der Waals surface area contributed by atoms with E-state index in [1.165, 1.54) is 17.2 Å². The Bertz CT molecular complexity index is 794. The highest BCUT2D eigenvalue weighted by Gasteiger charge is 2.24. The molecule has 8 heteroatoms. The minimum Gasteiger partial charge on any atom is -0.472 e. The molecular formula is C12H10N4O3S. The van der Waals surface area contributed by atoms with Crippen molar-refractivity contribution in [1.82, 2.24) is 20.2 Å². The van der Waals surface area contributed by atoms with Crippen LogP contribution in [0.3, 0.4) is 0 Å². The van der Waals surface area contributed by atoms with Crippen molar-refractivity contribution in [1.29, 1.82) is 0 Å². The molecule has 0 aliphatic heterocycles. The molecule has 3 rings (SSSR count). The van der Waals surface area contributed by atoms with Crippen LogP contribution in [0.5, 0.6) is 0 Å². The lowest BCUT2D eigenvalue weighted by molar-refractivity contribution is 0.562. The number of tetrazole rings is 1. The summed E-state index contributed by atoms with van der Waals surface area (Å²) in [5.74, 6) is -0.212. The minimum atomic E-state index is -3.65. The second-order valence-electron chi connectivity index (χ2n) is 4.10. The highest BCUT2D eigenvalue weighted by molar-refractivity contribution is 7.90. The molecule has 0 unspecified atom stereocenters. The number of aromatic nitrogens is 4. The van der Waals surface area contributed by atoms with Crippen molar-refractivity contribution >= 4 is 9.84 Å². The van der Waals surface area contributed by atoms with E-state index in [0.717, 1.165) is 0 Å². The van der Waals surface area contributed by atoms with Crippen LogP contribution in [0.4, 0.5) is 0 Å². The van der Waals surface area contributed by atoms with Crippen molar-refractivity contribution in [3.8, 4) is 5.69 Å². The molecule has 0 amide bonds. The highest BCUT2D eigenvalue weighted by atomic mass is 32.2. The SMILES string of the molecule is O=S(=O)(Cc1ccoc1)c1nnnn1-c1ccccc1. The normalized spacial score (nSPS) is 11.6. The van der Waals surface area contributed by atoms with E-state index in [4.69, 9.17) is 4.42 Å². The van der Waals surface area contributed by atoms with Crippen LogP contribution in [0.15, 0.2) is 58.5 Å². The fraction of sp³-hybridized carbons (Fsp3) is 0.0833. The van der Waals surface area contributed by atoms with Gasteiger partial charge >= 0.3 is 0 Å². The van der Waals surface area contributed by atoms with E-state index in [2.05, 4.69) is 15.5 Å². The number of nitrogens with zero attached hydrogens (tertiary/aromatic N) is 4. The quantitative estimate of drug-likeness (QED) is 0.717. The molecule has 102 valence electrons. The molecule has 0 bridgehead atoms. The van der Waals surface area contributed by atoms with E-state index in [1.54, 1.807) is 30.3 Å². The minimum absolute atomic E-state index is 0.190. The van der Waals surface area contributed by atoms with Crippen molar-refractivity contribution in [2.75, 3.05) is 0 Å². The zero-order chi connectivity index (χ0) is 14.0. The summed E-state index contributed by atoms with van der Waals surface area (Å²) in [4.78, 5) is 0. The van der Waals surface area contributed by atoms with Crippen LogP contribution in [0.2, 0.25) is 0 Å². The Morgan fingerprint density at radius 1 is 1.15 bits per heavy atom. The van der Waals surface area contributed by atoms with Gasteiger partial charge in [-0.3, -0.25) is 0 Å². The second kappa shape index (κ2) is 4.89. The van der Waals surface area contributed by atoms with Crippen LogP contribution in [0.1, 0.15) is 5.56 Å². The van der Waals surface area contributed by atoms with Gasteiger partial charge in [0, 0.05) is 5.56 Å². The molecule has 1 aromatic carbocycles. The number of benzene rings is 1. The van der Waals surface area contributed by atoms with Crippen molar-refractivity contribution in [2.45, 2.75) is 10.9 Å². The lowest BCUT2D eigenvalue weighted by Crippen LogP contribution is -2.12. The van der Waals surface area contributed by atoms with Gasteiger partial charge in [0.25, 0.3) is 5.16 Å². The summed E-state index contributed by atoms with van der Waals surface area (Å²) in [6.45, 7) is 0. The number of para-hydroxylation sites is 1. The zero-order valence-corrected chi connectivity index (χ0v) is 11.1. The molecule has 0 saturated carbocycles. The van der Waals surface area contributed by atoms with Gasteiger partial charge in [0.15, 0.2) is 0 Å². The molecule has 0 radical (unpaired) electrons. The molecule has 0 N–H and O–H groups in total. The van der Waals surface area contributed by atoms with E-state index in [9.17, 15) is 8.42 Å². The van der Waals surface area contributed by atoms with Gasteiger partial charge < -0.3 is 4.42 Å². The molecule has 7 nitrogen and oxygen atoms in total. The van der Waals surface area contributed by atoms with Crippen LogP contribution in [-0.4, -0.2) is 28.6 Å². The predicted octanol–water partition coefficient (Wildman–Crippen LogP) is 1.23. The molecule has 0 aliphatic rings. The molecule has 0 spiro atoms. The lowest BCUT2D eigenvalue weighted by Gasteiger charge is -2.04. The molecule has 0 fully saturated rings. The Balaban J connectivity index is 2.01. The summed E-state index contributed by atoms with van der Waals surface area (Å²) in [7, 11) is -3.65. The van der Waals surface area contributed by atoms with Gasteiger partial charge in [-0.25, -0.2) is 8.42 Å². The highest BCUT2D eigenvalue weighted by Crippen LogP contribution is 2.17. The van der Waals surface area contributed by atoms with Gasteiger partial charge in [-0.1, -0.05) is 23.3 Å². The topological polar surface area (TPSA) is 90.9 Å². The van der Waals surface area contributed by atoms with Crippen molar-refractivity contribution in [2.24, 2.45) is 0 Å². The number of hydrogen-bond acceptors (Lipinski definition) is 6. The first-order valence-corrected chi connectivity index (χ1v) is 7.40. The van der Waals surface area contributed by atoms with E-state index in [-0.39, 0.29) is 10.9 Å². The largest absolute Gasteiger partial charge is 0.472 e. The molecule has 0 aliphatic carbocycles. The van der Waals surface area contributed by atoms with Crippen molar-refractivity contribution < 1.29 is 12.8 Å². The maximum absolute atomic E-state index is 12.3. The third kappa shape index (κ3) is 2.32. The van der Waals surface area contributed by atoms with Gasteiger partial charge in [-0.15, -0.1) is 0 Å². The fourth-order valence-corrected chi connectivity index (χ4v) is 3.06. The Labute approximate surface area is 114 Å². The van der Waals surface area contributed by atoms with Gasteiger partial charge in [-0.2, -0.15) is 4.68 Å². The number of furan rings is 1. The standard InChI is InChI=1S/C12H10N4O3S/c17-20(18,9-10-6-7-19-8-10)12-13-14-15-16(12)11-4-2-1-3-5-11/h1-8H,9H2. The van der Waals surface area contributed by atoms with Gasteiger partial charge in [0.1, 0.15) is 0 Å². The van der Waals surface area contributed by atoms with E-state index in [0.29, 0.717) is 11.3 Å². The Morgan fingerprint density at radius 3 is 2.65 bits per heavy atom. The number of sulfone groups is 1. The first-order chi connectivity index (χ1) is 9.67. The summed E-state index contributed by atoms with van der Waals surface area (Å²) in [6.07, 6.45) is 2.80. The van der Waals surface area contributed by atoms with Crippen LogP contribution in [-0.2, 0) is 15.6 Å². The number of rotatable bonds is 4. The van der Waals surface area contributed by atoms with E-state index < -0.39 is 9.84 Å². The van der Waals surface area contributed by atoms with Crippen LogP contribution in [0, 0.1) is 0 Å². The van der Waals surface area contributed by atoms with Crippen molar-refractivity contribution in [3.63, 3.8) is 0 Å². The molecule has 0 atom stereocenters. The molecule has 0 saturated heterocycles. The monoisotopic (exact) mass is 290 g/mol. The predicted molar refractivity (Wildman–Crippen MR) is 68.8 cm³/mol. The summed E-state index contributed by atoms with van der Waals surface area (Å²) >= 11 is 0. The zero-order valence-electron chi connectivity index (χ0n) is 10.2. The third-order valence-electron chi connectivity index (χ3n) is 2.66. The summed E-state index contributed by atoms with van der Waals surface area (Å²) in [5, 5.41) is 10.6. The smallest absolute Gasteiger partial charge is 0.272 e. The third-order valence-corrected chi connectivity index (χ3v) is 4.18.